The van der Waals surface area contributed by atoms with Crippen molar-refractivity contribution >= 4 is 17.5 Å². The van der Waals surface area contributed by atoms with Crippen LogP contribution < -0.4 is 5.32 Å². The van der Waals surface area contributed by atoms with Crippen LogP contribution in [-0.4, -0.2) is 17.8 Å². The molecular formula is C17H28ClNO. The smallest absolute Gasteiger partial charge is 0.226 e. The Labute approximate surface area is 128 Å². The molecule has 1 N–H and O–H groups in total. The zero-order valence-electron chi connectivity index (χ0n) is 13.0. The number of alkyl halides is 1. The molecule has 0 radical (unpaired) electrons. The molecule has 4 aliphatic carbocycles. The van der Waals surface area contributed by atoms with Crippen LogP contribution in [0.5, 0.6) is 0 Å². The van der Waals surface area contributed by atoms with Crippen LogP contribution in [0.25, 0.3) is 0 Å². The van der Waals surface area contributed by atoms with Crippen LogP contribution in [0.1, 0.15) is 59.3 Å². The van der Waals surface area contributed by atoms with Crippen LogP contribution in [-0.2, 0) is 4.79 Å². The fraction of sp³-hybridized carbons (Fsp3) is 0.941. The Morgan fingerprint density at radius 2 is 1.85 bits per heavy atom. The molecule has 0 heterocycles. The first-order chi connectivity index (χ1) is 9.36. The van der Waals surface area contributed by atoms with E-state index in [-0.39, 0.29) is 11.5 Å². The van der Waals surface area contributed by atoms with Gasteiger partial charge in [0.15, 0.2) is 0 Å². The zero-order chi connectivity index (χ0) is 14.5. The highest BCUT2D eigenvalue weighted by molar-refractivity contribution is 6.18. The van der Waals surface area contributed by atoms with E-state index in [4.69, 9.17) is 11.6 Å². The summed E-state index contributed by atoms with van der Waals surface area (Å²) in [5.41, 5.74) is 0.377. The van der Waals surface area contributed by atoms with Crippen LogP contribution in [0.2, 0.25) is 0 Å². The summed E-state index contributed by atoms with van der Waals surface area (Å²) in [6.45, 7) is 6.61. The Balaban J connectivity index is 1.74. The third kappa shape index (κ3) is 2.38. The minimum Gasteiger partial charge on any atom is -0.353 e. The summed E-state index contributed by atoms with van der Waals surface area (Å²) in [5.74, 6) is 2.87. The van der Waals surface area contributed by atoms with E-state index in [0.717, 1.165) is 31.1 Å². The van der Waals surface area contributed by atoms with E-state index in [1.54, 1.807) is 0 Å². The molecule has 4 unspecified atom stereocenters. The van der Waals surface area contributed by atoms with E-state index in [1.807, 2.05) is 0 Å². The molecular weight excluding hydrogens is 270 g/mol. The first-order valence-electron chi connectivity index (χ1n) is 8.23. The Hall–Kier alpha value is -0.240. The Bertz CT molecular complexity index is 394. The molecule has 4 fully saturated rings. The van der Waals surface area contributed by atoms with Crippen LogP contribution in [0.15, 0.2) is 0 Å². The van der Waals surface area contributed by atoms with Gasteiger partial charge in [0.05, 0.1) is 5.41 Å². The number of halogens is 1. The third-order valence-electron chi connectivity index (χ3n) is 6.29. The Kier molecular flexibility index (Phi) is 3.60. The quantitative estimate of drug-likeness (QED) is 0.782. The molecule has 4 rings (SSSR count). The van der Waals surface area contributed by atoms with E-state index >= 15 is 0 Å². The summed E-state index contributed by atoms with van der Waals surface area (Å²) in [4.78, 5) is 12.9. The lowest BCUT2D eigenvalue weighted by Gasteiger charge is -2.60. The molecule has 1 amide bonds. The lowest BCUT2D eigenvalue weighted by molar-refractivity contribution is -0.156. The number of hydrogen-bond donors (Lipinski definition) is 1. The van der Waals surface area contributed by atoms with Gasteiger partial charge < -0.3 is 5.32 Å². The number of amides is 1. The third-order valence-corrected chi connectivity index (χ3v) is 6.78. The fourth-order valence-electron chi connectivity index (χ4n) is 5.62. The van der Waals surface area contributed by atoms with Crippen molar-refractivity contribution < 1.29 is 4.79 Å². The second-order valence-corrected chi connectivity index (χ2v) is 8.75. The van der Waals surface area contributed by atoms with Crippen molar-refractivity contribution in [2.45, 2.75) is 65.3 Å². The second-order valence-electron chi connectivity index (χ2n) is 8.45. The molecule has 0 aromatic carbocycles. The molecule has 0 spiro atoms. The lowest BCUT2D eigenvalue weighted by atomic mass is 9.44. The lowest BCUT2D eigenvalue weighted by Crippen LogP contribution is -2.58. The SMILES string of the molecule is CC(CCl)C(C)NC(=O)C12CC3CC(CC(C)(C3)C1)C2. The number of rotatable bonds is 4. The van der Waals surface area contributed by atoms with Gasteiger partial charge in [0, 0.05) is 11.9 Å². The number of carbonyl (C=O) groups is 1. The van der Waals surface area contributed by atoms with E-state index in [1.165, 1.54) is 19.3 Å². The van der Waals surface area contributed by atoms with Gasteiger partial charge in [0.2, 0.25) is 5.91 Å². The molecule has 0 saturated heterocycles. The summed E-state index contributed by atoms with van der Waals surface area (Å²) in [5, 5.41) is 3.28. The molecule has 3 heteroatoms. The summed E-state index contributed by atoms with van der Waals surface area (Å²) >= 11 is 5.92. The van der Waals surface area contributed by atoms with Crippen molar-refractivity contribution in [1.29, 1.82) is 0 Å². The van der Waals surface area contributed by atoms with Gasteiger partial charge in [-0.05, 0) is 68.6 Å². The maximum absolute atomic E-state index is 12.9. The van der Waals surface area contributed by atoms with Crippen LogP contribution >= 0.6 is 11.6 Å². The Morgan fingerprint density at radius 1 is 1.25 bits per heavy atom. The topological polar surface area (TPSA) is 29.1 Å². The first kappa shape index (κ1) is 14.7. The second kappa shape index (κ2) is 4.90. The largest absolute Gasteiger partial charge is 0.353 e. The summed E-state index contributed by atoms with van der Waals surface area (Å²) in [6.07, 6.45) is 7.46. The van der Waals surface area contributed by atoms with Gasteiger partial charge in [-0.2, -0.15) is 0 Å². The number of nitrogens with one attached hydrogen (secondary N) is 1. The minimum absolute atomic E-state index is 0.0564. The van der Waals surface area contributed by atoms with E-state index < -0.39 is 0 Å². The van der Waals surface area contributed by atoms with Crippen molar-refractivity contribution in [2.24, 2.45) is 28.6 Å². The molecule has 4 saturated carbocycles. The maximum Gasteiger partial charge on any atom is 0.226 e. The van der Waals surface area contributed by atoms with Crippen molar-refractivity contribution in [3.8, 4) is 0 Å². The summed E-state index contributed by atoms with van der Waals surface area (Å²) in [7, 11) is 0. The van der Waals surface area contributed by atoms with Crippen molar-refractivity contribution in [3.05, 3.63) is 0 Å². The van der Waals surface area contributed by atoms with Gasteiger partial charge in [-0.1, -0.05) is 13.8 Å². The Morgan fingerprint density at radius 3 is 2.35 bits per heavy atom. The molecule has 4 atom stereocenters. The monoisotopic (exact) mass is 297 g/mol. The van der Waals surface area contributed by atoms with Gasteiger partial charge in [0.25, 0.3) is 0 Å². The predicted molar refractivity (Wildman–Crippen MR) is 82.7 cm³/mol. The standard InChI is InChI=1S/C17H28ClNO/c1-11(9-18)12(2)19-15(20)17-7-13-4-14(8-17)6-16(3,5-13)10-17/h11-14H,4-10H2,1-3H3,(H,19,20). The molecule has 0 aromatic heterocycles. The number of hydrogen-bond acceptors (Lipinski definition) is 1. The fourth-order valence-corrected chi connectivity index (χ4v) is 5.89. The average Bonchev–Trinajstić information content (AvgIpc) is 2.34. The maximum atomic E-state index is 12.9. The van der Waals surface area contributed by atoms with Crippen LogP contribution in [0.3, 0.4) is 0 Å². The molecule has 20 heavy (non-hydrogen) atoms. The summed E-state index contributed by atoms with van der Waals surface area (Å²) in [6, 6.07) is 0.181. The molecule has 114 valence electrons. The normalized spacial score (nSPS) is 45.2. The highest BCUT2D eigenvalue weighted by Gasteiger charge is 2.58. The molecule has 4 bridgehead atoms. The summed E-state index contributed by atoms with van der Waals surface area (Å²) < 4.78 is 0. The van der Waals surface area contributed by atoms with Crippen molar-refractivity contribution in [3.63, 3.8) is 0 Å². The van der Waals surface area contributed by atoms with E-state index in [2.05, 4.69) is 26.1 Å². The first-order valence-corrected chi connectivity index (χ1v) is 8.76. The molecule has 0 aliphatic heterocycles. The predicted octanol–water partition coefficient (Wildman–Crippen LogP) is 3.97. The minimum atomic E-state index is -0.0564. The van der Waals surface area contributed by atoms with Gasteiger partial charge in [-0.3, -0.25) is 4.79 Å². The van der Waals surface area contributed by atoms with E-state index in [9.17, 15) is 4.79 Å². The van der Waals surface area contributed by atoms with Gasteiger partial charge in [-0.25, -0.2) is 0 Å². The van der Waals surface area contributed by atoms with Crippen LogP contribution in [0, 0.1) is 28.6 Å². The average molecular weight is 298 g/mol. The molecule has 4 aliphatic rings. The zero-order valence-corrected chi connectivity index (χ0v) is 13.8. The molecule has 2 nitrogen and oxygen atoms in total. The van der Waals surface area contributed by atoms with Crippen LogP contribution in [0.4, 0.5) is 0 Å². The van der Waals surface area contributed by atoms with Gasteiger partial charge in [-0.15, -0.1) is 11.6 Å². The van der Waals surface area contributed by atoms with Gasteiger partial charge >= 0.3 is 0 Å². The van der Waals surface area contributed by atoms with Crippen molar-refractivity contribution in [2.75, 3.05) is 5.88 Å². The van der Waals surface area contributed by atoms with E-state index in [0.29, 0.717) is 23.1 Å². The van der Waals surface area contributed by atoms with Gasteiger partial charge in [0.1, 0.15) is 0 Å². The van der Waals surface area contributed by atoms with Crippen molar-refractivity contribution in [1.82, 2.24) is 5.32 Å². The molecule has 0 aromatic rings. The highest BCUT2D eigenvalue weighted by Crippen LogP contribution is 2.65. The number of carbonyl (C=O) groups excluding carboxylic acids is 1. The highest BCUT2D eigenvalue weighted by atomic mass is 35.5.